The first-order valence-corrected chi connectivity index (χ1v) is 15.6. The van der Waals surface area contributed by atoms with Gasteiger partial charge in [-0.3, -0.25) is 9.59 Å². The van der Waals surface area contributed by atoms with Crippen molar-refractivity contribution in [1.82, 2.24) is 9.80 Å². The van der Waals surface area contributed by atoms with Crippen LogP contribution in [-0.2, 0) is 41.9 Å². The van der Waals surface area contributed by atoms with E-state index in [4.69, 9.17) is 19.1 Å². The number of carbonyl (C=O) groups excluding carboxylic acids is 6. The quantitative estimate of drug-likeness (QED) is 0.434. The van der Waals surface area contributed by atoms with Gasteiger partial charge in [-0.2, -0.15) is 9.59 Å². The molecule has 47 heavy (non-hydrogen) atoms. The molecule has 2 fully saturated rings. The molecule has 2 atom stereocenters. The fourth-order valence-corrected chi connectivity index (χ4v) is 5.04. The number of benzene rings is 2. The zero-order chi connectivity index (χ0) is 33.1. The third kappa shape index (κ3) is 16.3. The number of nitrogens with zero attached hydrogens (tertiary/aromatic N) is 2. The molecule has 0 aliphatic carbocycles. The van der Waals surface area contributed by atoms with Gasteiger partial charge in [-0.1, -0.05) is 81.4 Å². The molecule has 2 heterocycles. The summed E-state index contributed by atoms with van der Waals surface area (Å²) in [6, 6.07) is 19.3. The minimum absolute atomic E-state index is 0. The Balaban J connectivity index is 0.000000802. The van der Waals surface area contributed by atoms with E-state index in [0.29, 0.717) is 70.2 Å². The van der Waals surface area contributed by atoms with E-state index < -0.39 is 0 Å². The summed E-state index contributed by atoms with van der Waals surface area (Å²) in [6.07, 6.45) is 4.49. The summed E-state index contributed by atoms with van der Waals surface area (Å²) in [5, 5.41) is 0. The van der Waals surface area contributed by atoms with Crippen LogP contribution in [0.4, 0.5) is 9.59 Å². The molecule has 0 radical (unpaired) electrons. The predicted molar refractivity (Wildman–Crippen MR) is 169 cm³/mol. The molecule has 12 heteroatoms. The summed E-state index contributed by atoms with van der Waals surface area (Å²) >= 11 is 0. The molecule has 0 saturated carbocycles. The standard InChI is InChI=1S/C18H25NO3.C16H21NO3.CO2.K.H2O/c1-3-18(2)11-13-19(12-7-10-16(18)20)17(21)22-14-15-8-5-4-6-9-15;1-13-9-11-17(10-5-8-15(13)18)16(19)20-12-14-6-3-2-4-7-14;2-1-3;;/h4-6,8-9H,3,7,10-14H2,1-2H3;2-4,6-7,13H,5,8-12H2,1H3;;;1H2/q;;;+1;/p-1. The van der Waals surface area contributed by atoms with Crippen LogP contribution in [0.15, 0.2) is 60.7 Å². The molecule has 2 aromatic rings. The van der Waals surface area contributed by atoms with E-state index in [2.05, 4.69) is 0 Å². The fraction of sp³-hybridized carbons (Fsp3) is 0.514. The number of hydrogen-bond donors (Lipinski definition) is 0. The first-order valence-electron chi connectivity index (χ1n) is 15.6. The van der Waals surface area contributed by atoms with E-state index in [-0.39, 0.29) is 86.5 Å². The molecule has 2 aromatic carbocycles. The summed E-state index contributed by atoms with van der Waals surface area (Å²) in [5.74, 6) is 0.675. The summed E-state index contributed by atoms with van der Waals surface area (Å²) in [4.78, 5) is 67.8. The van der Waals surface area contributed by atoms with Gasteiger partial charge in [-0.25, -0.2) is 9.59 Å². The molecule has 2 saturated heterocycles. The first kappa shape index (κ1) is 44.3. The smallest absolute Gasteiger partial charge is 0.870 e. The number of amides is 2. The largest absolute Gasteiger partial charge is 1.00 e. The van der Waals surface area contributed by atoms with Crippen LogP contribution in [0.3, 0.4) is 0 Å². The van der Waals surface area contributed by atoms with E-state index in [0.717, 1.165) is 36.8 Å². The van der Waals surface area contributed by atoms with E-state index in [1.807, 2.05) is 81.4 Å². The van der Waals surface area contributed by atoms with Gasteiger partial charge in [0.25, 0.3) is 0 Å². The van der Waals surface area contributed by atoms with Crippen molar-refractivity contribution in [2.45, 2.75) is 78.9 Å². The second-order valence-electron chi connectivity index (χ2n) is 11.6. The van der Waals surface area contributed by atoms with Crippen LogP contribution >= 0.6 is 0 Å². The average Bonchev–Trinajstić information content (AvgIpc) is 3.05. The van der Waals surface area contributed by atoms with Crippen molar-refractivity contribution in [1.29, 1.82) is 0 Å². The second-order valence-corrected chi connectivity index (χ2v) is 11.6. The average molecular weight is 679 g/mol. The van der Waals surface area contributed by atoms with Gasteiger partial charge in [0.1, 0.15) is 24.8 Å². The summed E-state index contributed by atoms with van der Waals surface area (Å²) in [6.45, 7) is 8.95. The van der Waals surface area contributed by atoms with Crippen molar-refractivity contribution in [3.63, 3.8) is 0 Å². The van der Waals surface area contributed by atoms with Gasteiger partial charge >= 0.3 is 69.7 Å². The molecule has 2 aliphatic rings. The molecule has 0 bridgehead atoms. The maximum Gasteiger partial charge on any atom is 1.00 e. The number of carbonyl (C=O) groups is 4. The summed E-state index contributed by atoms with van der Waals surface area (Å²) < 4.78 is 10.7. The number of ketones is 2. The molecule has 1 N–H and O–H groups in total. The van der Waals surface area contributed by atoms with E-state index in [1.165, 1.54) is 0 Å². The number of ether oxygens (including phenoxy) is 2. The zero-order valence-corrected chi connectivity index (χ0v) is 31.3. The van der Waals surface area contributed by atoms with Crippen molar-refractivity contribution >= 4 is 29.9 Å². The number of rotatable bonds is 5. The SMILES string of the molecule is CC1CCN(C(=O)OCc2ccccc2)CCCC1=O.CCC1(C)CCN(C(=O)OCc2ccccc2)CCCC1=O.O=C=O.[K+].[OH-]. The molecule has 2 aliphatic heterocycles. The fourth-order valence-electron chi connectivity index (χ4n) is 5.04. The third-order valence-electron chi connectivity index (χ3n) is 8.38. The Morgan fingerprint density at radius 3 is 1.72 bits per heavy atom. The van der Waals surface area contributed by atoms with Gasteiger partial charge in [-0.15, -0.1) is 0 Å². The Hall–Kier alpha value is -2.70. The Kier molecular flexibility index (Phi) is 23.0. The van der Waals surface area contributed by atoms with Crippen LogP contribution < -0.4 is 51.4 Å². The van der Waals surface area contributed by atoms with Crippen LogP contribution in [0, 0.1) is 11.3 Å². The molecular formula is C35H47KN2O9. The van der Waals surface area contributed by atoms with Crippen LogP contribution in [0.1, 0.15) is 76.8 Å². The van der Waals surface area contributed by atoms with Crippen molar-refractivity contribution in [3.05, 3.63) is 71.8 Å². The maximum absolute atomic E-state index is 12.2. The van der Waals surface area contributed by atoms with E-state index in [1.54, 1.807) is 9.80 Å². The van der Waals surface area contributed by atoms with Crippen LogP contribution in [0.25, 0.3) is 0 Å². The minimum Gasteiger partial charge on any atom is -0.870 e. The van der Waals surface area contributed by atoms with E-state index >= 15 is 0 Å². The molecular weight excluding hydrogens is 631 g/mol. The Morgan fingerprint density at radius 1 is 0.809 bits per heavy atom. The molecule has 0 aromatic heterocycles. The molecule has 252 valence electrons. The predicted octanol–water partition coefficient (Wildman–Crippen LogP) is 3.05. The van der Waals surface area contributed by atoms with Gasteiger partial charge < -0.3 is 24.7 Å². The zero-order valence-electron chi connectivity index (χ0n) is 28.2. The molecule has 4 rings (SSSR count). The normalized spacial score (nSPS) is 19.4. The van der Waals surface area contributed by atoms with E-state index in [9.17, 15) is 19.2 Å². The van der Waals surface area contributed by atoms with Crippen molar-refractivity contribution in [2.75, 3.05) is 26.2 Å². The van der Waals surface area contributed by atoms with Gasteiger partial charge in [0.2, 0.25) is 0 Å². The number of likely N-dealkylation sites (tertiary alicyclic amines) is 2. The van der Waals surface area contributed by atoms with Gasteiger partial charge in [0.05, 0.1) is 0 Å². The van der Waals surface area contributed by atoms with Crippen molar-refractivity contribution in [2.24, 2.45) is 11.3 Å². The maximum atomic E-state index is 12.2. The van der Waals surface area contributed by atoms with Gasteiger partial charge in [0, 0.05) is 50.4 Å². The first-order chi connectivity index (χ1) is 21.6. The molecule has 2 unspecified atom stereocenters. The Labute approximate surface area is 320 Å². The van der Waals surface area contributed by atoms with Crippen LogP contribution in [0.2, 0.25) is 0 Å². The second kappa shape index (κ2) is 24.4. The Bertz CT molecular complexity index is 1260. The number of Topliss-reactive ketones (excluding diaryl/α,β-unsaturated/α-hetero) is 2. The Morgan fingerprint density at radius 2 is 1.26 bits per heavy atom. The summed E-state index contributed by atoms with van der Waals surface area (Å²) in [7, 11) is 0. The van der Waals surface area contributed by atoms with Crippen molar-refractivity contribution in [3.8, 4) is 0 Å². The molecule has 11 nitrogen and oxygen atoms in total. The van der Waals surface area contributed by atoms with Gasteiger partial charge in [0.15, 0.2) is 0 Å². The number of hydrogen-bond acceptors (Lipinski definition) is 9. The topological polar surface area (TPSA) is 157 Å². The molecule has 2 amide bonds. The van der Waals surface area contributed by atoms with Crippen molar-refractivity contribution < 1.29 is 95.1 Å². The monoisotopic (exact) mass is 678 g/mol. The molecule has 0 spiro atoms. The minimum atomic E-state index is -0.307. The van der Waals surface area contributed by atoms with Crippen LogP contribution in [-0.4, -0.2) is 71.4 Å². The van der Waals surface area contributed by atoms with Crippen LogP contribution in [0.5, 0.6) is 0 Å². The summed E-state index contributed by atoms with van der Waals surface area (Å²) in [5.41, 5.74) is 1.66. The third-order valence-corrected chi connectivity index (χ3v) is 8.38. The van der Waals surface area contributed by atoms with Gasteiger partial charge in [-0.05, 0) is 43.2 Å².